The Morgan fingerprint density at radius 3 is 2.61 bits per heavy atom. The number of benzene rings is 1. The van der Waals surface area contributed by atoms with Crippen molar-refractivity contribution in [2.24, 2.45) is 7.05 Å². The molecule has 5 nitrogen and oxygen atoms in total. The first kappa shape index (κ1) is 15.6. The summed E-state index contributed by atoms with van der Waals surface area (Å²) in [5, 5.41) is 4.34. The Kier molecular flexibility index (Phi) is 4.65. The molecule has 1 heterocycles. The number of nitrogens with zero attached hydrogens (tertiary/aromatic N) is 3. The molecule has 1 aliphatic rings. The fourth-order valence-electron chi connectivity index (χ4n) is 2.71. The molecule has 0 bridgehead atoms. The molecule has 3 rings (SSSR count). The summed E-state index contributed by atoms with van der Waals surface area (Å²) >= 11 is 0. The summed E-state index contributed by atoms with van der Waals surface area (Å²) in [5.41, 5.74) is 2.12. The van der Waals surface area contributed by atoms with Gasteiger partial charge in [0, 0.05) is 38.7 Å². The van der Waals surface area contributed by atoms with Crippen LogP contribution in [0.15, 0.2) is 36.5 Å². The van der Waals surface area contributed by atoms with Gasteiger partial charge in [0.25, 0.3) is 0 Å². The normalized spacial score (nSPS) is 13.8. The summed E-state index contributed by atoms with van der Waals surface area (Å²) in [6.45, 7) is 0.676. The van der Waals surface area contributed by atoms with E-state index in [2.05, 4.69) is 5.10 Å². The number of methoxy groups -OCH3 is 1. The van der Waals surface area contributed by atoms with Gasteiger partial charge in [-0.05, 0) is 36.6 Å². The van der Waals surface area contributed by atoms with Crippen molar-refractivity contribution < 1.29 is 9.53 Å². The van der Waals surface area contributed by atoms with Gasteiger partial charge in [-0.25, -0.2) is 0 Å². The molecule has 1 saturated carbocycles. The number of amides is 1. The van der Waals surface area contributed by atoms with Crippen molar-refractivity contribution >= 4 is 5.91 Å². The van der Waals surface area contributed by atoms with Crippen molar-refractivity contribution in [1.29, 1.82) is 0 Å². The van der Waals surface area contributed by atoms with Gasteiger partial charge in [0.15, 0.2) is 0 Å². The monoisotopic (exact) mass is 313 g/mol. The van der Waals surface area contributed by atoms with Crippen LogP contribution in [-0.4, -0.2) is 33.7 Å². The van der Waals surface area contributed by atoms with Gasteiger partial charge in [-0.15, -0.1) is 0 Å². The van der Waals surface area contributed by atoms with Crippen LogP contribution in [0.4, 0.5) is 0 Å². The van der Waals surface area contributed by atoms with E-state index in [0.29, 0.717) is 25.4 Å². The van der Waals surface area contributed by atoms with E-state index in [9.17, 15) is 4.79 Å². The predicted octanol–water partition coefficient (Wildman–Crippen LogP) is 2.55. The van der Waals surface area contributed by atoms with E-state index in [1.807, 2.05) is 48.5 Å². The molecule has 0 unspecified atom stereocenters. The molecule has 23 heavy (non-hydrogen) atoms. The lowest BCUT2D eigenvalue weighted by Gasteiger charge is -2.22. The molecule has 0 N–H and O–H groups in total. The van der Waals surface area contributed by atoms with Crippen LogP contribution in [0, 0.1) is 0 Å². The van der Waals surface area contributed by atoms with Crippen molar-refractivity contribution in [3.05, 3.63) is 47.8 Å². The zero-order valence-corrected chi connectivity index (χ0v) is 13.7. The molecule has 2 aromatic rings. The van der Waals surface area contributed by atoms with Crippen LogP contribution in [-0.2, 0) is 24.8 Å². The van der Waals surface area contributed by atoms with Crippen molar-refractivity contribution in [3.8, 4) is 5.75 Å². The largest absolute Gasteiger partial charge is 0.497 e. The second-order valence-electron chi connectivity index (χ2n) is 6.08. The third kappa shape index (κ3) is 4.12. The van der Waals surface area contributed by atoms with E-state index in [1.54, 1.807) is 11.8 Å². The number of hydrogen-bond donors (Lipinski definition) is 0. The molecule has 0 saturated heterocycles. The van der Waals surface area contributed by atoms with E-state index in [4.69, 9.17) is 4.74 Å². The Hall–Kier alpha value is -2.30. The first-order chi connectivity index (χ1) is 11.2. The molecular weight excluding hydrogens is 290 g/mol. The minimum absolute atomic E-state index is 0.217. The van der Waals surface area contributed by atoms with Gasteiger partial charge in [-0.3, -0.25) is 9.48 Å². The average Bonchev–Trinajstić information content (AvgIpc) is 3.32. The highest BCUT2D eigenvalue weighted by molar-refractivity contribution is 5.77. The fourth-order valence-corrected chi connectivity index (χ4v) is 2.71. The Balaban J connectivity index is 1.60. The van der Waals surface area contributed by atoms with Crippen LogP contribution in [0.5, 0.6) is 5.75 Å². The van der Waals surface area contributed by atoms with Gasteiger partial charge in [-0.1, -0.05) is 12.1 Å². The molecule has 1 amide bonds. The Morgan fingerprint density at radius 2 is 2.04 bits per heavy atom. The summed E-state index contributed by atoms with van der Waals surface area (Å²) in [7, 11) is 3.55. The lowest BCUT2D eigenvalue weighted by atomic mass is 10.1. The lowest BCUT2D eigenvalue weighted by Crippen LogP contribution is -2.32. The highest BCUT2D eigenvalue weighted by atomic mass is 16.5. The molecule has 122 valence electrons. The van der Waals surface area contributed by atoms with Crippen LogP contribution in [0.2, 0.25) is 0 Å². The molecule has 1 aromatic carbocycles. The van der Waals surface area contributed by atoms with Crippen LogP contribution < -0.4 is 4.74 Å². The van der Waals surface area contributed by atoms with Gasteiger partial charge in [-0.2, -0.15) is 5.10 Å². The van der Waals surface area contributed by atoms with Crippen molar-refractivity contribution in [2.45, 2.75) is 38.3 Å². The quantitative estimate of drug-likeness (QED) is 0.789. The minimum Gasteiger partial charge on any atom is -0.497 e. The zero-order chi connectivity index (χ0) is 16.2. The topological polar surface area (TPSA) is 47.4 Å². The summed E-state index contributed by atoms with van der Waals surface area (Å²) in [5.74, 6) is 1.06. The summed E-state index contributed by atoms with van der Waals surface area (Å²) in [6.07, 6.45) is 5.36. The van der Waals surface area contributed by atoms with Gasteiger partial charge in [0.2, 0.25) is 5.91 Å². The standard InChI is InChI=1S/C18H23N3O2/c1-20-12-11-15(19-20)5-10-18(22)21(16-6-7-16)13-14-3-8-17(23-2)9-4-14/h3-4,8-9,11-12,16H,5-7,10,13H2,1-2H3. The van der Waals surface area contributed by atoms with Gasteiger partial charge in [0.1, 0.15) is 5.75 Å². The van der Waals surface area contributed by atoms with E-state index in [1.165, 1.54) is 0 Å². The molecule has 1 aromatic heterocycles. The second kappa shape index (κ2) is 6.86. The third-order valence-electron chi connectivity index (χ3n) is 4.18. The maximum absolute atomic E-state index is 12.6. The van der Waals surface area contributed by atoms with E-state index >= 15 is 0 Å². The number of aryl methyl sites for hydroxylation is 2. The van der Waals surface area contributed by atoms with Crippen LogP contribution in [0.3, 0.4) is 0 Å². The number of aromatic nitrogens is 2. The van der Waals surface area contributed by atoms with Crippen LogP contribution in [0.25, 0.3) is 0 Å². The summed E-state index contributed by atoms with van der Waals surface area (Å²) in [4.78, 5) is 14.6. The Bertz CT molecular complexity index is 659. The highest BCUT2D eigenvalue weighted by Gasteiger charge is 2.32. The molecule has 1 fully saturated rings. The first-order valence-corrected chi connectivity index (χ1v) is 8.06. The maximum atomic E-state index is 12.6. The van der Waals surface area contributed by atoms with Crippen molar-refractivity contribution in [2.75, 3.05) is 7.11 Å². The van der Waals surface area contributed by atoms with E-state index < -0.39 is 0 Å². The first-order valence-electron chi connectivity index (χ1n) is 8.06. The Labute approximate surface area is 136 Å². The molecule has 0 spiro atoms. The number of carbonyl (C=O) groups is 1. The number of carbonyl (C=O) groups excluding carboxylic acids is 1. The molecule has 0 aliphatic heterocycles. The maximum Gasteiger partial charge on any atom is 0.223 e. The van der Waals surface area contributed by atoms with Crippen LogP contribution in [0.1, 0.15) is 30.5 Å². The molecule has 1 aliphatic carbocycles. The minimum atomic E-state index is 0.217. The van der Waals surface area contributed by atoms with Gasteiger partial charge >= 0.3 is 0 Å². The van der Waals surface area contributed by atoms with Gasteiger partial charge < -0.3 is 9.64 Å². The number of ether oxygens (including phenoxy) is 1. The smallest absolute Gasteiger partial charge is 0.223 e. The molecule has 5 heteroatoms. The van der Waals surface area contributed by atoms with E-state index in [-0.39, 0.29) is 5.91 Å². The molecule has 0 radical (unpaired) electrons. The second-order valence-corrected chi connectivity index (χ2v) is 6.08. The lowest BCUT2D eigenvalue weighted by molar-refractivity contribution is -0.132. The average molecular weight is 313 g/mol. The van der Waals surface area contributed by atoms with Gasteiger partial charge in [0.05, 0.1) is 12.8 Å². The summed E-state index contributed by atoms with van der Waals surface area (Å²) < 4.78 is 6.96. The fraction of sp³-hybridized carbons (Fsp3) is 0.444. The van der Waals surface area contributed by atoms with Crippen molar-refractivity contribution in [1.82, 2.24) is 14.7 Å². The molecule has 0 atom stereocenters. The predicted molar refractivity (Wildman–Crippen MR) is 88.1 cm³/mol. The Morgan fingerprint density at radius 1 is 1.30 bits per heavy atom. The highest BCUT2D eigenvalue weighted by Crippen LogP contribution is 2.29. The number of rotatable bonds is 7. The number of hydrogen-bond acceptors (Lipinski definition) is 3. The van der Waals surface area contributed by atoms with Crippen molar-refractivity contribution in [3.63, 3.8) is 0 Å². The molecular formula is C18H23N3O2. The van der Waals surface area contributed by atoms with Crippen LogP contribution >= 0.6 is 0 Å². The summed E-state index contributed by atoms with van der Waals surface area (Å²) in [6, 6.07) is 10.3. The SMILES string of the molecule is COc1ccc(CN(C(=O)CCc2ccn(C)n2)C2CC2)cc1. The zero-order valence-electron chi connectivity index (χ0n) is 13.7. The van der Waals surface area contributed by atoms with E-state index in [0.717, 1.165) is 29.8 Å². The third-order valence-corrected chi connectivity index (χ3v) is 4.18.